The van der Waals surface area contributed by atoms with Crippen molar-refractivity contribution >= 4 is 26.8 Å². The molecule has 0 saturated carbocycles. The van der Waals surface area contributed by atoms with E-state index in [9.17, 15) is 0 Å². The van der Waals surface area contributed by atoms with Gasteiger partial charge in [0.1, 0.15) is 4.60 Å². The minimum absolute atomic E-state index is 0.0302. The summed E-state index contributed by atoms with van der Waals surface area (Å²) in [4.78, 5) is 0. The Morgan fingerprint density at radius 2 is 2.27 bits per heavy atom. The first-order valence-corrected chi connectivity index (χ1v) is 5.85. The van der Waals surface area contributed by atoms with Gasteiger partial charge in [0.2, 0.25) is 0 Å². The highest BCUT2D eigenvalue weighted by molar-refractivity contribution is 9.10. The Hall–Kier alpha value is -0.870. The van der Waals surface area contributed by atoms with Gasteiger partial charge in [-0.05, 0) is 35.3 Å². The maximum Gasteiger partial charge on any atom is 0.136 e. The third-order valence-corrected chi connectivity index (χ3v) is 3.13. The van der Waals surface area contributed by atoms with E-state index in [1.807, 2.05) is 17.7 Å². The Morgan fingerprint density at radius 3 is 2.87 bits per heavy atom. The highest BCUT2D eigenvalue weighted by atomic mass is 79.9. The average Bonchev–Trinajstić information content (AvgIpc) is 2.55. The van der Waals surface area contributed by atoms with E-state index in [4.69, 9.17) is 5.73 Å². The van der Waals surface area contributed by atoms with Crippen molar-refractivity contribution in [2.24, 2.45) is 5.73 Å². The molecule has 0 aliphatic carbocycles. The molecule has 4 heteroatoms. The molecular weight excluding hydrogens is 254 g/mol. The van der Waals surface area contributed by atoms with Gasteiger partial charge in [-0.15, -0.1) is 0 Å². The summed E-state index contributed by atoms with van der Waals surface area (Å²) in [5.41, 5.74) is 8.24. The van der Waals surface area contributed by atoms with Gasteiger partial charge < -0.3 is 5.73 Å². The van der Waals surface area contributed by atoms with Crippen LogP contribution >= 0.6 is 15.9 Å². The molecule has 2 aromatic rings. The number of aryl methyl sites for hydroxylation is 1. The Balaban J connectivity index is 2.82. The summed E-state index contributed by atoms with van der Waals surface area (Å²) in [5, 5.41) is 5.56. The molecule has 2 rings (SSSR count). The molecule has 1 atom stereocenters. The van der Waals surface area contributed by atoms with E-state index >= 15 is 0 Å². The van der Waals surface area contributed by atoms with Gasteiger partial charge in [0.25, 0.3) is 0 Å². The van der Waals surface area contributed by atoms with Gasteiger partial charge in [0, 0.05) is 18.0 Å². The van der Waals surface area contributed by atoms with Crippen molar-refractivity contribution in [3.05, 3.63) is 28.4 Å². The lowest BCUT2D eigenvalue weighted by Crippen LogP contribution is -2.08. The number of hydrogen-bond donors (Lipinski definition) is 1. The predicted octanol–water partition coefficient (Wildman–Crippen LogP) is 2.84. The third kappa shape index (κ3) is 1.68. The largest absolute Gasteiger partial charge is 0.324 e. The average molecular weight is 268 g/mol. The van der Waals surface area contributed by atoms with Crippen molar-refractivity contribution in [2.75, 3.05) is 0 Å². The second-order valence-corrected chi connectivity index (χ2v) is 4.39. The molecule has 0 aliphatic heterocycles. The number of aromatic nitrogens is 2. The standard InChI is InChI=1S/C11H14BrN3/c1-3-15-10-8(7(2)13)5-4-6-9(10)11(12)14-15/h4-7H,3,13H2,1-2H3. The molecule has 0 aliphatic rings. The van der Waals surface area contributed by atoms with Crippen LogP contribution in [0.1, 0.15) is 25.5 Å². The molecule has 0 spiro atoms. The molecule has 1 heterocycles. The number of nitrogens with two attached hydrogens (primary N) is 1. The minimum atomic E-state index is 0.0302. The summed E-state index contributed by atoms with van der Waals surface area (Å²) in [6, 6.07) is 6.17. The van der Waals surface area contributed by atoms with Crippen LogP contribution in [0.2, 0.25) is 0 Å². The molecule has 1 unspecified atom stereocenters. The Morgan fingerprint density at radius 1 is 1.53 bits per heavy atom. The van der Waals surface area contributed by atoms with Crippen molar-refractivity contribution in [1.82, 2.24) is 9.78 Å². The number of benzene rings is 1. The van der Waals surface area contributed by atoms with E-state index in [0.29, 0.717) is 0 Å². The summed E-state index contributed by atoms with van der Waals surface area (Å²) in [6.45, 7) is 4.93. The first-order chi connectivity index (χ1) is 7.15. The Labute approximate surface area is 97.4 Å². The van der Waals surface area contributed by atoms with Gasteiger partial charge in [-0.1, -0.05) is 18.2 Å². The van der Waals surface area contributed by atoms with Crippen molar-refractivity contribution in [2.45, 2.75) is 26.4 Å². The lowest BCUT2D eigenvalue weighted by molar-refractivity contribution is 0.671. The number of rotatable bonds is 2. The normalized spacial score (nSPS) is 13.3. The van der Waals surface area contributed by atoms with Gasteiger partial charge in [-0.2, -0.15) is 5.10 Å². The van der Waals surface area contributed by atoms with Crippen LogP contribution in [0.15, 0.2) is 22.8 Å². The van der Waals surface area contributed by atoms with Gasteiger partial charge in [-0.3, -0.25) is 4.68 Å². The van der Waals surface area contributed by atoms with Crippen LogP contribution in [-0.2, 0) is 6.54 Å². The third-order valence-electron chi connectivity index (χ3n) is 2.55. The predicted molar refractivity (Wildman–Crippen MR) is 65.7 cm³/mol. The van der Waals surface area contributed by atoms with Crippen LogP contribution in [-0.4, -0.2) is 9.78 Å². The van der Waals surface area contributed by atoms with Crippen LogP contribution in [0.25, 0.3) is 10.9 Å². The number of halogens is 1. The van der Waals surface area contributed by atoms with Crippen LogP contribution in [0, 0.1) is 0 Å². The number of fused-ring (bicyclic) bond motifs is 1. The molecule has 3 nitrogen and oxygen atoms in total. The lowest BCUT2D eigenvalue weighted by atomic mass is 10.1. The Bertz CT molecular complexity index is 488. The molecule has 80 valence electrons. The minimum Gasteiger partial charge on any atom is -0.324 e. The van der Waals surface area contributed by atoms with Crippen LogP contribution < -0.4 is 5.73 Å². The monoisotopic (exact) mass is 267 g/mol. The second-order valence-electron chi connectivity index (χ2n) is 3.64. The van der Waals surface area contributed by atoms with E-state index < -0.39 is 0 Å². The molecule has 0 radical (unpaired) electrons. The van der Waals surface area contributed by atoms with E-state index in [2.05, 4.69) is 40.1 Å². The maximum atomic E-state index is 5.96. The van der Waals surface area contributed by atoms with Crippen molar-refractivity contribution < 1.29 is 0 Å². The highest BCUT2D eigenvalue weighted by Crippen LogP contribution is 2.28. The SMILES string of the molecule is CCn1nc(Br)c2cccc(C(C)N)c21. The highest BCUT2D eigenvalue weighted by Gasteiger charge is 2.13. The molecule has 0 saturated heterocycles. The molecule has 1 aromatic heterocycles. The van der Waals surface area contributed by atoms with E-state index in [1.165, 1.54) is 0 Å². The quantitative estimate of drug-likeness (QED) is 0.910. The van der Waals surface area contributed by atoms with E-state index in [1.54, 1.807) is 0 Å². The topological polar surface area (TPSA) is 43.8 Å². The molecule has 0 amide bonds. The molecular formula is C11H14BrN3. The van der Waals surface area contributed by atoms with Crippen LogP contribution in [0.3, 0.4) is 0 Å². The smallest absolute Gasteiger partial charge is 0.136 e. The molecule has 0 bridgehead atoms. The van der Waals surface area contributed by atoms with E-state index in [0.717, 1.165) is 27.6 Å². The number of nitrogens with zero attached hydrogens (tertiary/aromatic N) is 2. The van der Waals surface area contributed by atoms with Gasteiger partial charge >= 0.3 is 0 Å². The molecule has 2 N–H and O–H groups in total. The number of para-hydroxylation sites is 1. The fourth-order valence-corrected chi connectivity index (χ4v) is 2.33. The summed E-state index contributed by atoms with van der Waals surface area (Å²) in [5.74, 6) is 0. The molecule has 15 heavy (non-hydrogen) atoms. The first kappa shape index (κ1) is 10.6. The second kappa shape index (κ2) is 3.94. The zero-order valence-electron chi connectivity index (χ0n) is 8.87. The fraction of sp³-hybridized carbons (Fsp3) is 0.364. The van der Waals surface area contributed by atoms with Crippen molar-refractivity contribution in [3.63, 3.8) is 0 Å². The maximum absolute atomic E-state index is 5.96. The Kier molecular flexibility index (Phi) is 2.80. The molecule has 0 fully saturated rings. The summed E-state index contributed by atoms with van der Waals surface area (Å²) < 4.78 is 2.87. The number of hydrogen-bond acceptors (Lipinski definition) is 2. The van der Waals surface area contributed by atoms with Crippen LogP contribution in [0.4, 0.5) is 0 Å². The fourth-order valence-electron chi connectivity index (χ4n) is 1.82. The van der Waals surface area contributed by atoms with E-state index in [-0.39, 0.29) is 6.04 Å². The molecule has 1 aromatic carbocycles. The van der Waals surface area contributed by atoms with Gasteiger partial charge in [0.15, 0.2) is 0 Å². The van der Waals surface area contributed by atoms with Crippen LogP contribution in [0.5, 0.6) is 0 Å². The zero-order valence-corrected chi connectivity index (χ0v) is 10.5. The van der Waals surface area contributed by atoms with Gasteiger partial charge in [-0.25, -0.2) is 0 Å². The van der Waals surface area contributed by atoms with Crippen molar-refractivity contribution in [1.29, 1.82) is 0 Å². The lowest BCUT2D eigenvalue weighted by Gasteiger charge is -2.09. The first-order valence-electron chi connectivity index (χ1n) is 5.05. The zero-order chi connectivity index (χ0) is 11.0. The summed E-state index contributed by atoms with van der Waals surface area (Å²) in [6.07, 6.45) is 0. The van der Waals surface area contributed by atoms with Crippen molar-refractivity contribution in [3.8, 4) is 0 Å². The summed E-state index contributed by atoms with van der Waals surface area (Å²) in [7, 11) is 0. The summed E-state index contributed by atoms with van der Waals surface area (Å²) >= 11 is 3.47. The van der Waals surface area contributed by atoms with Gasteiger partial charge in [0.05, 0.1) is 5.52 Å².